The summed E-state index contributed by atoms with van der Waals surface area (Å²) in [6.07, 6.45) is 5.11. The van der Waals surface area contributed by atoms with Crippen LogP contribution in [0.1, 0.15) is 19.3 Å². The largest absolute Gasteiger partial charge is 0.376 e. The highest BCUT2D eigenvalue weighted by atomic mass is 79.9. The Morgan fingerprint density at radius 3 is 2.94 bits per heavy atom. The fourth-order valence-electron chi connectivity index (χ4n) is 2.45. The highest BCUT2D eigenvalue weighted by molar-refractivity contribution is 9.10. The number of hydrogen-bond acceptors (Lipinski definition) is 4. The van der Waals surface area contributed by atoms with Gasteiger partial charge in [-0.1, -0.05) is 0 Å². The van der Waals surface area contributed by atoms with Gasteiger partial charge in [0.05, 0.1) is 12.1 Å². The molecule has 2 heterocycles. The minimum Gasteiger partial charge on any atom is -0.376 e. The summed E-state index contributed by atoms with van der Waals surface area (Å²) in [7, 11) is 1.76. The van der Waals surface area contributed by atoms with E-state index in [0.717, 1.165) is 35.0 Å². The van der Waals surface area contributed by atoms with Gasteiger partial charge >= 0.3 is 0 Å². The molecular weight excluding hydrogens is 296 g/mol. The van der Waals surface area contributed by atoms with Crippen LogP contribution in [0.2, 0.25) is 0 Å². The maximum absolute atomic E-state index is 5.99. The number of halogens is 1. The van der Waals surface area contributed by atoms with Crippen LogP contribution in [0.15, 0.2) is 16.7 Å². The summed E-state index contributed by atoms with van der Waals surface area (Å²) in [5.41, 5.74) is 7.53. The highest BCUT2D eigenvalue weighted by Crippen LogP contribution is 2.37. The van der Waals surface area contributed by atoms with E-state index >= 15 is 0 Å². The fraction of sp³-hybridized carbons (Fsp3) is 0.500. The molecule has 5 nitrogen and oxygen atoms in total. The Morgan fingerprint density at radius 2 is 2.33 bits per heavy atom. The van der Waals surface area contributed by atoms with Gasteiger partial charge in [-0.15, -0.1) is 0 Å². The lowest BCUT2D eigenvalue weighted by atomic mass is 9.80. The Hall–Kier alpha value is -1.14. The lowest BCUT2D eigenvalue weighted by Crippen LogP contribution is -2.43. The first-order valence-electron chi connectivity index (χ1n) is 5.96. The minimum absolute atomic E-state index is 0.0868. The van der Waals surface area contributed by atoms with Crippen LogP contribution in [0.5, 0.6) is 0 Å². The third-order valence-corrected chi connectivity index (χ3v) is 4.16. The molecule has 1 aliphatic rings. The zero-order valence-corrected chi connectivity index (χ0v) is 11.8. The van der Waals surface area contributed by atoms with E-state index in [2.05, 4.69) is 25.9 Å². The molecule has 0 spiro atoms. The predicted molar refractivity (Wildman–Crippen MR) is 73.2 cm³/mol. The van der Waals surface area contributed by atoms with Crippen molar-refractivity contribution in [3.8, 4) is 0 Å². The number of aromatic nitrogens is 3. The molecule has 0 unspecified atom stereocenters. The quantitative estimate of drug-likeness (QED) is 0.945. The van der Waals surface area contributed by atoms with Crippen molar-refractivity contribution in [3.05, 3.63) is 16.7 Å². The molecule has 1 saturated carbocycles. The van der Waals surface area contributed by atoms with Crippen molar-refractivity contribution in [3.63, 3.8) is 0 Å². The SMILES string of the molecule is COC1(Cn2c(N)nc3cc(Br)cnc32)CCC1. The zero-order valence-electron chi connectivity index (χ0n) is 10.2. The van der Waals surface area contributed by atoms with Crippen molar-refractivity contribution in [2.75, 3.05) is 12.8 Å². The number of methoxy groups -OCH3 is 1. The third kappa shape index (κ3) is 1.80. The van der Waals surface area contributed by atoms with Gasteiger partial charge in [0.1, 0.15) is 5.52 Å². The monoisotopic (exact) mass is 310 g/mol. The van der Waals surface area contributed by atoms with Gasteiger partial charge in [0.25, 0.3) is 0 Å². The standard InChI is InChI=1S/C12H15BrN4O/c1-18-12(3-2-4-12)7-17-10-9(16-11(17)14)5-8(13)6-15-10/h5-6H,2-4,7H2,1H3,(H2,14,16). The normalized spacial score (nSPS) is 17.9. The number of nitrogens with zero attached hydrogens (tertiary/aromatic N) is 3. The number of nitrogens with two attached hydrogens (primary N) is 1. The van der Waals surface area contributed by atoms with Gasteiger partial charge in [0, 0.05) is 17.8 Å². The molecule has 0 aromatic carbocycles. The first-order chi connectivity index (χ1) is 8.63. The summed E-state index contributed by atoms with van der Waals surface area (Å²) in [5, 5.41) is 0. The van der Waals surface area contributed by atoms with Crippen molar-refractivity contribution in [2.24, 2.45) is 0 Å². The van der Waals surface area contributed by atoms with Gasteiger partial charge < -0.3 is 10.5 Å². The van der Waals surface area contributed by atoms with E-state index in [1.54, 1.807) is 13.3 Å². The molecule has 0 atom stereocenters. The van der Waals surface area contributed by atoms with Crippen LogP contribution in [0.25, 0.3) is 11.2 Å². The molecule has 96 valence electrons. The lowest BCUT2D eigenvalue weighted by Gasteiger charge is -2.40. The number of fused-ring (bicyclic) bond motifs is 1. The summed E-state index contributed by atoms with van der Waals surface area (Å²) in [4.78, 5) is 8.74. The van der Waals surface area contributed by atoms with Crippen molar-refractivity contribution < 1.29 is 4.74 Å². The molecule has 1 aliphatic carbocycles. The minimum atomic E-state index is -0.0868. The molecule has 3 rings (SSSR count). The van der Waals surface area contributed by atoms with Crippen molar-refractivity contribution in [1.29, 1.82) is 0 Å². The van der Waals surface area contributed by atoms with Crippen LogP contribution in [0, 0.1) is 0 Å². The van der Waals surface area contributed by atoms with E-state index in [1.807, 2.05) is 10.6 Å². The molecule has 1 fully saturated rings. The fourth-order valence-corrected chi connectivity index (χ4v) is 2.77. The van der Waals surface area contributed by atoms with Crippen molar-refractivity contribution >= 4 is 33.0 Å². The van der Waals surface area contributed by atoms with Crippen molar-refractivity contribution in [1.82, 2.24) is 14.5 Å². The van der Waals surface area contributed by atoms with Crippen LogP contribution in [0.4, 0.5) is 5.95 Å². The topological polar surface area (TPSA) is 66.0 Å². The molecule has 0 radical (unpaired) electrons. The number of imidazole rings is 1. The van der Waals surface area contributed by atoms with E-state index < -0.39 is 0 Å². The lowest BCUT2D eigenvalue weighted by molar-refractivity contribution is -0.0825. The molecular formula is C12H15BrN4O. The maximum Gasteiger partial charge on any atom is 0.202 e. The van der Waals surface area contributed by atoms with E-state index in [4.69, 9.17) is 10.5 Å². The Balaban J connectivity index is 2.03. The number of nitrogen functional groups attached to an aromatic ring is 1. The maximum atomic E-state index is 5.99. The van der Waals surface area contributed by atoms with Crippen LogP contribution in [-0.4, -0.2) is 27.2 Å². The van der Waals surface area contributed by atoms with Gasteiger partial charge in [0.15, 0.2) is 5.65 Å². The second-order valence-electron chi connectivity index (χ2n) is 4.79. The number of anilines is 1. The van der Waals surface area contributed by atoms with Gasteiger partial charge in [-0.05, 0) is 41.3 Å². The molecule has 2 aromatic rings. The number of hydrogen-bond donors (Lipinski definition) is 1. The molecule has 18 heavy (non-hydrogen) atoms. The van der Waals surface area contributed by atoms with Gasteiger partial charge in [-0.2, -0.15) is 0 Å². The van der Waals surface area contributed by atoms with E-state index in [1.165, 1.54) is 6.42 Å². The molecule has 6 heteroatoms. The third-order valence-electron chi connectivity index (χ3n) is 3.73. The first-order valence-corrected chi connectivity index (χ1v) is 6.75. The summed E-state index contributed by atoms with van der Waals surface area (Å²) < 4.78 is 8.49. The van der Waals surface area contributed by atoms with Gasteiger partial charge in [0.2, 0.25) is 5.95 Å². The van der Waals surface area contributed by atoms with Crippen LogP contribution in [-0.2, 0) is 11.3 Å². The average molecular weight is 311 g/mol. The number of rotatable bonds is 3. The zero-order chi connectivity index (χ0) is 12.8. The predicted octanol–water partition coefficient (Wildman–Crippen LogP) is 2.35. The second kappa shape index (κ2) is 4.20. The smallest absolute Gasteiger partial charge is 0.202 e. The first kappa shape index (κ1) is 11.9. The summed E-state index contributed by atoms with van der Waals surface area (Å²) in [6.45, 7) is 0.723. The van der Waals surface area contributed by atoms with Gasteiger partial charge in [-0.25, -0.2) is 9.97 Å². The van der Waals surface area contributed by atoms with Crippen LogP contribution >= 0.6 is 15.9 Å². The van der Waals surface area contributed by atoms with Crippen molar-refractivity contribution in [2.45, 2.75) is 31.4 Å². The highest BCUT2D eigenvalue weighted by Gasteiger charge is 2.38. The van der Waals surface area contributed by atoms with E-state index in [0.29, 0.717) is 5.95 Å². The Kier molecular flexibility index (Phi) is 2.79. The summed E-state index contributed by atoms with van der Waals surface area (Å²) in [6, 6.07) is 1.93. The van der Waals surface area contributed by atoms with E-state index in [-0.39, 0.29) is 5.60 Å². The molecule has 2 aromatic heterocycles. The molecule has 0 aliphatic heterocycles. The summed E-state index contributed by atoms with van der Waals surface area (Å²) in [5.74, 6) is 0.499. The van der Waals surface area contributed by atoms with Gasteiger partial charge in [-0.3, -0.25) is 4.57 Å². The molecule has 2 N–H and O–H groups in total. The molecule has 0 saturated heterocycles. The average Bonchev–Trinajstić information content (AvgIpc) is 2.59. The summed E-state index contributed by atoms with van der Waals surface area (Å²) >= 11 is 3.39. The van der Waals surface area contributed by atoms with Crippen LogP contribution < -0.4 is 5.73 Å². The Morgan fingerprint density at radius 1 is 1.56 bits per heavy atom. The Bertz CT molecular complexity index is 586. The number of pyridine rings is 1. The number of ether oxygens (including phenoxy) is 1. The Labute approximate surface area is 113 Å². The second-order valence-corrected chi connectivity index (χ2v) is 5.71. The molecule has 0 amide bonds. The van der Waals surface area contributed by atoms with E-state index in [9.17, 15) is 0 Å². The van der Waals surface area contributed by atoms with Crippen LogP contribution in [0.3, 0.4) is 0 Å². The molecule has 0 bridgehead atoms.